The van der Waals surface area contributed by atoms with Crippen LogP contribution in [-0.4, -0.2) is 65.3 Å². The summed E-state index contributed by atoms with van der Waals surface area (Å²) in [6, 6.07) is 7.97. The number of hydrogen-bond donors (Lipinski definition) is 2. The number of aliphatic hydroxyl groups excluding tert-OH is 1. The van der Waals surface area contributed by atoms with E-state index in [2.05, 4.69) is 9.80 Å². The van der Waals surface area contributed by atoms with E-state index in [-0.39, 0.29) is 6.61 Å². The van der Waals surface area contributed by atoms with E-state index in [4.69, 9.17) is 10.2 Å². The van der Waals surface area contributed by atoms with Gasteiger partial charge in [0.2, 0.25) is 0 Å². The largest absolute Gasteiger partial charge is 0.478 e. The Balaban J connectivity index is 1.82. The zero-order chi connectivity index (χ0) is 15.1. The van der Waals surface area contributed by atoms with Gasteiger partial charge < -0.3 is 10.2 Å². The minimum atomic E-state index is -0.931. The zero-order valence-corrected chi connectivity index (χ0v) is 12.1. The number of rotatable bonds is 6. The van der Waals surface area contributed by atoms with Crippen molar-refractivity contribution in [3.05, 3.63) is 41.5 Å². The van der Waals surface area contributed by atoms with Crippen molar-refractivity contribution < 1.29 is 15.0 Å². The first-order valence-corrected chi connectivity index (χ1v) is 7.23. The summed E-state index contributed by atoms with van der Waals surface area (Å²) in [6.45, 7) is 5.93. The van der Waals surface area contributed by atoms with Gasteiger partial charge in [0.15, 0.2) is 0 Å². The number of nitrogens with zero attached hydrogens (tertiary/aromatic N) is 2. The van der Waals surface area contributed by atoms with Crippen molar-refractivity contribution in [3.63, 3.8) is 0 Å². The third-order valence-corrected chi connectivity index (χ3v) is 3.69. The molecule has 5 nitrogen and oxygen atoms in total. The molecule has 1 aromatic rings. The van der Waals surface area contributed by atoms with Gasteiger partial charge in [0.05, 0.1) is 6.61 Å². The smallest absolute Gasteiger partial charge is 0.328 e. The van der Waals surface area contributed by atoms with Crippen LogP contribution in [0.1, 0.15) is 11.1 Å². The highest BCUT2D eigenvalue weighted by atomic mass is 16.4. The highest BCUT2D eigenvalue weighted by Crippen LogP contribution is 2.11. The molecule has 0 aliphatic carbocycles. The van der Waals surface area contributed by atoms with Gasteiger partial charge >= 0.3 is 5.97 Å². The molecule has 0 bridgehead atoms. The quantitative estimate of drug-likeness (QED) is 0.762. The molecule has 1 saturated heterocycles. The monoisotopic (exact) mass is 290 g/mol. The van der Waals surface area contributed by atoms with E-state index in [9.17, 15) is 4.79 Å². The maximum atomic E-state index is 10.5. The van der Waals surface area contributed by atoms with Gasteiger partial charge in [-0.25, -0.2) is 4.79 Å². The van der Waals surface area contributed by atoms with Crippen LogP contribution in [0.15, 0.2) is 30.3 Å². The lowest BCUT2D eigenvalue weighted by Gasteiger charge is -2.34. The van der Waals surface area contributed by atoms with Gasteiger partial charge in [-0.3, -0.25) is 9.80 Å². The third kappa shape index (κ3) is 5.30. The first kappa shape index (κ1) is 15.7. The summed E-state index contributed by atoms with van der Waals surface area (Å²) in [7, 11) is 0. The highest BCUT2D eigenvalue weighted by molar-refractivity contribution is 5.85. The second kappa shape index (κ2) is 7.93. The van der Waals surface area contributed by atoms with Gasteiger partial charge in [0.1, 0.15) is 0 Å². The van der Waals surface area contributed by atoms with Gasteiger partial charge in [-0.15, -0.1) is 0 Å². The second-order valence-corrected chi connectivity index (χ2v) is 5.25. The fourth-order valence-electron chi connectivity index (χ4n) is 2.47. The maximum absolute atomic E-state index is 10.5. The average molecular weight is 290 g/mol. The molecule has 1 aliphatic heterocycles. The molecule has 2 N–H and O–H groups in total. The fraction of sp³-hybridized carbons (Fsp3) is 0.438. The zero-order valence-electron chi connectivity index (χ0n) is 12.1. The van der Waals surface area contributed by atoms with Crippen molar-refractivity contribution in [2.24, 2.45) is 0 Å². The Morgan fingerprint density at radius 2 is 1.71 bits per heavy atom. The van der Waals surface area contributed by atoms with Crippen LogP contribution in [0.25, 0.3) is 6.08 Å². The molecule has 114 valence electrons. The number of piperazine rings is 1. The molecule has 1 fully saturated rings. The maximum Gasteiger partial charge on any atom is 0.328 e. The predicted molar refractivity (Wildman–Crippen MR) is 81.9 cm³/mol. The third-order valence-electron chi connectivity index (χ3n) is 3.69. The minimum Gasteiger partial charge on any atom is -0.478 e. The van der Waals surface area contributed by atoms with E-state index in [0.717, 1.165) is 50.9 Å². The standard InChI is InChI=1S/C16H22N2O3/c19-12-11-17-7-9-18(10-8-17)13-15-3-1-14(2-4-15)5-6-16(20)21/h1-6,19H,7-13H2,(H,20,21)/b6-5+. The molecule has 0 aromatic heterocycles. The lowest BCUT2D eigenvalue weighted by molar-refractivity contribution is -0.131. The summed E-state index contributed by atoms with van der Waals surface area (Å²) in [5, 5.41) is 17.5. The Morgan fingerprint density at radius 1 is 1.10 bits per heavy atom. The van der Waals surface area contributed by atoms with Crippen molar-refractivity contribution in [3.8, 4) is 0 Å². The molecule has 0 amide bonds. The summed E-state index contributed by atoms with van der Waals surface area (Å²) in [4.78, 5) is 15.1. The fourth-order valence-corrected chi connectivity index (χ4v) is 2.47. The number of β-amino-alcohol motifs (C(OH)–C–C–N with tert-alkyl or cyclic N) is 1. The van der Waals surface area contributed by atoms with Crippen LogP contribution < -0.4 is 0 Å². The van der Waals surface area contributed by atoms with Gasteiger partial charge in [-0.1, -0.05) is 24.3 Å². The molecule has 0 saturated carbocycles. The van der Waals surface area contributed by atoms with E-state index in [1.54, 1.807) is 6.08 Å². The summed E-state index contributed by atoms with van der Waals surface area (Å²) in [6.07, 6.45) is 2.75. The summed E-state index contributed by atoms with van der Waals surface area (Å²) >= 11 is 0. The van der Waals surface area contributed by atoms with E-state index in [0.29, 0.717) is 0 Å². The first-order valence-electron chi connectivity index (χ1n) is 7.23. The molecular formula is C16H22N2O3. The Bertz CT molecular complexity index is 477. The molecule has 0 radical (unpaired) electrons. The number of carboxylic acid groups (broad SMARTS) is 1. The number of aliphatic carboxylic acids is 1. The molecular weight excluding hydrogens is 268 g/mol. The molecule has 0 unspecified atom stereocenters. The molecule has 5 heteroatoms. The second-order valence-electron chi connectivity index (χ2n) is 5.25. The Labute approximate surface area is 125 Å². The van der Waals surface area contributed by atoms with Crippen molar-refractivity contribution in [2.75, 3.05) is 39.3 Å². The topological polar surface area (TPSA) is 64.0 Å². The van der Waals surface area contributed by atoms with Crippen molar-refractivity contribution in [1.82, 2.24) is 9.80 Å². The van der Waals surface area contributed by atoms with Crippen molar-refractivity contribution >= 4 is 12.0 Å². The van der Waals surface area contributed by atoms with E-state index < -0.39 is 5.97 Å². The molecule has 2 rings (SSSR count). The lowest BCUT2D eigenvalue weighted by atomic mass is 10.1. The van der Waals surface area contributed by atoms with E-state index >= 15 is 0 Å². The Kier molecular flexibility index (Phi) is 5.92. The van der Waals surface area contributed by atoms with Crippen molar-refractivity contribution in [1.29, 1.82) is 0 Å². The van der Waals surface area contributed by atoms with Crippen molar-refractivity contribution in [2.45, 2.75) is 6.54 Å². The number of aliphatic hydroxyl groups is 1. The summed E-state index contributed by atoms with van der Waals surface area (Å²) in [5.41, 5.74) is 2.13. The van der Waals surface area contributed by atoms with E-state index in [1.807, 2.05) is 24.3 Å². The molecule has 21 heavy (non-hydrogen) atoms. The molecule has 0 spiro atoms. The summed E-state index contributed by atoms with van der Waals surface area (Å²) < 4.78 is 0. The van der Waals surface area contributed by atoms with Gasteiger partial charge in [0.25, 0.3) is 0 Å². The SMILES string of the molecule is O=C(O)/C=C/c1ccc(CN2CCN(CCO)CC2)cc1. The first-order chi connectivity index (χ1) is 10.2. The van der Waals surface area contributed by atoms with Gasteiger partial charge in [0, 0.05) is 45.3 Å². The molecule has 1 heterocycles. The minimum absolute atomic E-state index is 0.228. The van der Waals surface area contributed by atoms with Crippen LogP contribution in [0, 0.1) is 0 Å². The van der Waals surface area contributed by atoms with Crippen LogP contribution in [0.3, 0.4) is 0 Å². The summed E-state index contributed by atoms with van der Waals surface area (Å²) in [5.74, 6) is -0.931. The Hall–Kier alpha value is -1.69. The average Bonchev–Trinajstić information content (AvgIpc) is 2.49. The number of hydrogen-bond acceptors (Lipinski definition) is 4. The predicted octanol–water partition coefficient (Wildman–Crippen LogP) is 0.894. The number of carboxylic acids is 1. The molecule has 1 aliphatic rings. The Morgan fingerprint density at radius 3 is 2.29 bits per heavy atom. The molecule has 0 atom stereocenters. The highest BCUT2D eigenvalue weighted by Gasteiger charge is 2.16. The van der Waals surface area contributed by atoms with Gasteiger partial charge in [-0.05, 0) is 17.2 Å². The number of carbonyl (C=O) groups is 1. The lowest BCUT2D eigenvalue weighted by Crippen LogP contribution is -2.46. The molecule has 1 aromatic carbocycles. The van der Waals surface area contributed by atoms with E-state index in [1.165, 1.54) is 5.56 Å². The van der Waals surface area contributed by atoms with Crippen LogP contribution in [0.5, 0.6) is 0 Å². The van der Waals surface area contributed by atoms with Crippen LogP contribution >= 0.6 is 0 Å². The van der Waals surface area contributed by atoms with Crippen LogP contribution in [0.2, 0.25) is 0 Å². The van der Waals surface area contributed by atoms with Crippen LogP contribution in [0.4, 0.5) is 0 Å². The van der Waals surface area contributed by atoms with Crippen LogP contribution in [-0.2, 0) is 11.3 Å². The normalized spacial score (nSPS) is 17.4. The number of benzene rings is 1. The van der Waals surface area contributed by atoms with Gasteiger partial charge in [-0.2, -0.15) is 0 Å².